The van der Waals surface area contributed by atoms with Crippen LogP contribution in [0.2, 0.25) is 0 Å². The average molecular weight is 388 g/mol. The molecule has 1 heterocycles. The molecule has 0 bridgehead atoms. The Balaban J connectivity index is 1.67. The van der Waals surface area contributed by atoms with Crippen LogP contribution in [-0.4, -0.2) is 31.5 Å². The highest BCUT2D eigenvalue weighted by Crippen LogP contribution is 2.33. The number of rotatable bonds is 5. The summed E-state index contributed by atoms with van der Waals surface area (Å²) in [5.74, 6) is -0.760. The van der Waals surface area contributed by atoms with E-state index >= 15 is 0 Å². The first-order valence-electron chi connectivity index (χ1n) is 9.30. The summed E-state index contributed by atoms with van der Waals surface area (Å²) in [5, 5.41) is 22.3. The lowest BCUT2D eigenvalue weighted by Crippen LogP contribution is -2.07. The second-order valence-electron chi connectivity index (χ2n) is 7.13. The second-order valence-corrected chi connectivity index (χ2v) is 7.13. The smallest absolute Gasteiger partial charge is 0.336 e. The minimum Gasteiger partial charge on any atom is -0.505 e. The number of aromatic nitrogens is 2. The number of aromatic hydroxyl groups is 1. The number of imidazole rings is 1. The number of fused-ring (bicyclic) bond motifs is 2. The molecular weight excluding hydrogens is 368 g/mol. The molecule has 146 valence electrons. The highest BCUT2D eigenvalue weighted by Gasteiger charge is 2.22. The molecule has 0 atom stereocenters. The first-order valence-corrected chi connectivity index (χ1v) is 9.30. The predicted octanol–water partition coefficient (Wildman–Crippen LogP) is 4.25. The molecule has 0 saturated heterocycles. The maximum Gasteiger partial charge on any atom is 0.336 e. The number of Topliss-reactive ketones (excluding diaryl/α,β-unsaturated/α-hetero) is 1. The second kappa shape index (κ2) is 7.05. The van der Waals surface area contributed by atoms with Crippen LogP contribution in [0.1, 0.15) is 38.5 Å². The van der Waals surface area contributed by atoms with Gasteiger partial charge < -0.3 is 14.8 Å². The minimum absolute atomic E-state index is 0.00990. The number of nitrogens with zero attached hydrogens (tertiary/aromatic N) is 2. The van der Waals surface area contributed by atoms with E-state index in [0.717, 1.165) is 10.8 Å². The Hall–Kier alpha value is -3.67. The van der Waals surface area contributed by atoms with Crippen molar-refractivity contribution in [3.05, 3.63) is 71.0 Å². The van der Waals surface area contributed by atoms with Gasteiger partial charge in [-0.05, 0) is 36.2 Å². The molecule has 4 aromatic rings. The summed E-state index contributed by atoms with van der Waals surface area (Å²) in [4.78, 5) is 28.8. The third kappa shape index (κ3) is 3.23. The van der Waals surface area contributed by atoms with Crippen molar-refractivity contribution in [3.63, 3.8) is 0 Å². The van der Waals surface area contributed by atoms with Gasteiger partial charge in [-0.25, -0.2) is 9.78 Å². The Labute approximate surface area is 167 Å². The number of phenols is 1. The monoisotopic (exact) mass is 388 g/mol. The van der Waals surface area contributed by atoms with Gasteiger partial charge in [-0.15, -0.1) is 0 Å². The van der Waals surface area contributed by atoms with Gasteiger partial charge in [0.2, 0.25) is 0 Å². The van der Waals surface area contributed by atoms with Gasteiger partial charge in [0.05, 0.1) is 11.1 Å². The molecule has 6 heteroatoms. The summed E-state index contributed by atoms with van der Waals surface area (Å²) >= 11 is 0. The summed E-state index contributed by atoms with van der Waals surface area (Å²) in [7, 11) is 1.76. The van der Waals surface area contributed by atoms with E-state index in [-0.39, 0.29) is 35.5 Å². The summed E-state index contributed by atoms with van der Waals surface area (Å²) in [6.45, 7) is 1.78. The highest BCUT2D eigenvalue weighted by atomic mass is 16.4. The lowest BCUT2D eigenvalue weighted by Gasteiger charge is -2.10. The fraction of sp³-hybridized carbons (Fsp3) is 0.174. The number of benzene rings is 3. The van der Waals surface area contributed by atoms with Gasteiger partial charge in [-0.2, -0.15) is 0 Å². The first kappa shape index (κ1) is 18.7. The molecule has 1 aromatic heterocycles. The maximum atomic E-state index is 12.7. The first-order chi connectivity index (χ1) is 13.9. The number of aryl methyl sites for hydroxylation is 2. The lowest BCUT2D eigenvalue weighted by atomic mass is 9.96. The van der Waals surface area contributed by atoms with E-state index in [1.165, 1.54) is 6.07 Å². The number of ketones is 1. The van der Waals surface area contributed by atoms with Crippen LogP contribution >= 0.6 is 0 Å². The van der Waals surface area contributed by atoms with Crippen LogP contribution in [0, 0.1) is 6.92 Å². The zero-order chi connectivity index (χ0) is 20.7. The molecule has 0 amide bonds. The van der Waals surface area contributed by atoms with E-state index in [0.29, 0.717) is 22.4 Å². The van der Waals surface area contributed by atoms with Crippen molar-refractivity contribution in [3.8, 4) is 5.75 Å². The van der Waals surface area contributed by atoms with Gasteiger partial charge in [-0.1, -0.05) is 36.4 Å². The van der Waals surface area contributed by atoms with Crippen molar-refractivity contribution in [2.24, 2.45) is 7.05 Å². The summed E-state index contributed by atoms with van der Waals surface area (Å²) in [6.07, 6.45) is 0.203. The van der Waals surface area contributed by atoms with Crippen molar-refractivity contribution in [1.82, 2.24) is 9.55 Å². The normalized spacial score (nSPS) is 11.2. The summed E-state index contributed by atoms with van der Waals surface area (Å²) in [6, 6.07) is 14.8. The summed E-state index contributed by atoms with van der Waals surface area (Å²) in [5.41, 5.74) is 1.68. The molecular formula is C23H20N2O4. The van der Waals surface area contributed by atoms with Crippen LogP contribution in [0.25, 0.3) is 21.8 Å². The van der Waals surface area contributed by atoms with E-state index in [2.05, 4.69) is 4.98 Å². The molecule has 0 fully saturated rings. The number of hydrogen-bond donors (Lipinski definition) is 2. The molecule has 0 radical (unpaired) electrons. The minimum atomic E-state index is -1.14. The molecule has 3 aromatic carbocycles. The average Bonchev–Trinajstić information content (AvgIpc) is 3.01. The molecule has 4 rings (SSSR count). The largest absolute Gasteiger partial charge is 0.505 e. The number of aromatic carboxylic acids is 1. The van der Waals surface area contributed by atoms with Crippen LogP contribution in [-0.2, 0) is 13.5 Å². The number of carboxylic acid groups (broad SMARTS) is 1. The molecule has 0 saturated carbocycles. The summed E-state index contributed by atoms with van der Waals surface area (Å²) < 4.78 is 1.73. The van der Waals surface area contributed by atoms with Gasteiger partial charge in [0.25, 0.3) is 0 Å². The zero-order valence-electron chi connectivity index (χ0n) is 16.1. The Morgan fingerprint density at radius 3 is 2.52 bits per heavy atom. The van der Waals surface area contributed by atoms with Gasteiger partial charge >= 0.3 is 5.97 Å². The van der Waals surface area contributed by atoms with Gasteiger partial charge in [0.15, 0.2) is 5.78 Å². The molecule has 0 unspecified atom stereocenters. The van der Waals surface area contributed by atoms with Crippen LogP contribution in [0.5, 0.6) is 5.75 Å². The third-order valence-corrected chi connectivity index (χ3v) is 5.38. The van der Waals surface area contributed by atoms with Crippen molar-refractivity contribution < 1.29 is 19.8 Å². The molecule has 29 heavy (non-hydrogen) atoms. The van der Waals surface area contributed by atoms with Crippen LogP contribution in [0.3, 0.4) is 0 Å². The highest BCUT2D eigenvalue weighted by molar-refractivity contribution is 6.01. The van der Waals surface area contributed by atoms with Crippen molar-refractivity contribution >= 4 is 33.6 Å². The fourth-order valence-electron chi connectivity index (χ4n) is 3.65. The van der Waals surface area contributed by atoms with Gasteiger partial charge in [-0.3, -0.25) is 4.79 Å². The van der Waals surface area contributed by atoms with Gasteiger partial charge in [0.1, 0.15) is 17.1 Å². The Bertz CT molecular complexity index is 1290. The number of hydrogen-bond acceptors (Lipinski definition) is 4. The van der Waals surface area contributed by atoms with E-state index in [1.54, 1.807) is 24.6 Å². The molecule has 2 N–H and O–H groups in total. The topological polar surface area (TPSA) is 92.4 Å². The van der Waals surface area contributed by atoms with Crippen molar-refractivity contribution in [1.29, 1.82) is 0 Å². The predicted molar refractivity (Wildman–Crippen MR) is 111 cm³/mol. The molecule has 0 aliphatic rings. The van der Waals surface area contributed by atoms with Gasteiger partial charge in [0, 0.05) is 24.6 Å². The van der Waals surface area contributed by atoms with E-state index < -0.39 is 5.97 Å². The van der Waals surface area contributed by atoms with E-state index in [9.17, 15) is 19.8 Å². The molecule has 6 nitrogen and oxygen atoms in total. The maximum absolute atomic E-state index is 12.7. The Morgan fingerprint density at radius 2 is 1.79 bits per heavy atom. The quantitative estimate of drug-likeness (QED) is 0.499. The van der Waals surface area contributed by atoms with Crippen molar-refractivity contribution in [2.45, 2.75) is 19.8 Å². The van der Waals surface area contributed by atoms with Crippen LogP contribution in [0.15, 0.2) is 48.5 Å². The standard InChI is InChI=1S/C23H20N2O4/c1-13-24-21-19(25(13)2)12-18(23(28)29)17(22(21)27)9-10-20(26)16-8-7-14-5-3-4-6-15(14)11-16/h3-8,11-12,27H,9-10H2,1-2H3,(H,28,29). The van der Waals surface area contributed by atoms with Crippen molar-refractivity contribution in [2.75, 3.05) is 0 Å². The fourth-order valence-corrected chi connectivity index (χ4v) is 3.65. The SMILES string of the molecule is Cc1nc2c(O)c(CCC(=O)c3ccc4ccccc4c3)c(C(=O)O)cc2n1C. The zero-order valence-corrected chi connectivity index (χ0v) is 16.1. The lowest BCUT2D eigenvalue weighted by molar-refractivity contribution is 0.0694. The number of carbonyl (C=O) groups excluding carboxylic acids is 1. The third-order valence-electron chi connectivity index (χ3n) is 5.38. The Morgan fingerprint density at radius 1 is 1.07 bits per heavy atom. The molecule has 0 spiro atoms. The number of carbonyl (C=O) groups is 2. The number of carboxylic acids is 1. The Kier molecular flexibility index (Phi) is 4.54. The van der Waals surface area contributed by atoms with E-state index in [4.69, 9.17) is 0 Å². The number of phenolic OH excluding ortho intramolecular Hbond substituents is 1. The molecule has 0 aliphatic heterocycles. The van der Waals surface area contributed by atoms with Crippen LogP contribution < -0.4 is 0 Å². The van der Waals surface area contributed by atoms with E-state index in [1.807, 2.05) is 36.4 Å². The molecule has 0 aliphatic carbocycles. The van der Waals surface area contributed by atoms with Crippen LogP contribution in [0.4, 0.5) is 0 Å².